The van der Waals surface area contributed by atoms with Gasteiger partial charge < -0.3 is 10.2 Å². The van der Waals surface area contributed by atoms with E-state index in [2.05, 4.69) is 65.8 Å². The van der Waals surface area contributed by atoms with Crippen molar-refractivity contribution in [1.82, 2.24) is 4.90 Å². The van der Waals surface area contributed by atoms with Gasteiger partial charge in [-0.05, 0) is 55.1 Å². The van der Waals surface area contributed by atoms with E-state index in [4.69, 9.17) is 0 Å². The summed E-state index contributed by atoms with van der Waals surface area (Å²) in [6.45, 7) is 2.34. The Morgan fingerprint density at radius 2 is 1.91 bits per heavy atom. The monoisotopic (exact) mass is 304 g/mol. The number of rotatable bonds is 1. The summed E-state index contributed by atoms with van der Waals surface area (Å²) in [7, 11) is 2.33. The average Bonchev–Trinajstić information content (AvgIpc) is 3.01. The van der Waals surface area contributed by atoms with Crippen LogP contribution < -0.4 is 5.32 Å². The van der Waals surface area contributed by atoms with Gasteiger partial charge in [0, 0.05) is 30.1 Å². The lowest BCUT2D eigenvalue weighted by Gasteiger charge is -2.49. The fourth-order valence-corrected chi connectivity index (χ4v) is 5.37. The third-order valence-corrected chi connectivity index (χ3v) is 6.41. The number of hydrogen-bond acceptors (Lipinski definition) is 2. The highest BCUT2D eigenvalue weighted by Gasteiger charge is 2.45. The molecule has 1 saturated heterocycles. The van der Waals surface area contributed by atoms with Crippen LogP contribution in [0.3, 0.4) is 0 Å². The Morgan fingerprint density at radius 1 is 1.04 bits per heavy atom. The van der Waals surface area contributed by atoms with Crippen molar-refractivity contribution in [3.05, 3.63) is 65.2 Å². The van der Waals surface area contributed by atoms with Crippen LogP contribution in [-0.2, 0) is 0 Å². The molecule has 23 heavy (non-hydrogen) atoms. The fraction of sp³-hybridized carbons (Fsp3) is 0.429. The smallest absolute Gasteiger partial charge is 0.0379 e. The zero-order valence-corrected chi connectivity index (χ0v) is 13.7. The second-order valence-electron chi connectivity index (χ2n) is 7.50. The van der Waals surface area contributed by atoms with Gasteiger partial charge in [-0.25, -0.2) is 0 Å². The number of hydrogen-bond donors (Lipinski definition) is 1. The molecule has 3 aliphatic rings. The fourth-order valence-electron chi connectivity index (χ4n) is 5.37. The number of fused-ring (bicyclic) bond motifs is 2. The largest absolute Gasteiger partial charge is 0.384 e. The number of nitrogens with one attached hydrogen (secondary N) is 1. The van der Waals surface area contributed by atoms with Gasteiger partial charge in [-0.15, -0.1) is 0 Å². The highest BCUT2D eigenvalue weighted by atomic mass is 15.1. The second-order valence-corrected chi connectivity index (χ2v) is 7.50. The van der Waals surface area contributed by atoms with Crippen molar-refractivity contribution in [2.45, 2.75) is 36.6 Å². The molecule has 2 aromatic carbocycles. The molecule has 4 atom stereocenters. The van der Waals surface area contributed by atoms with Gasteiger partial charge in [-0.2, -0.15) is 0 Å². The summed E-state index contributed by atoms with van der Waals surface area (Å²) < 4.78 is 0. The quantitative estimate of drug-likeness (QED) is 0.850. The van der Waals surface area contributed by atoms with Gasteiger partial charge in [0.1, 0.15) is 0 Å². The van der Waals surface area contributed by atoms with Gasteiger partial charge in [0.2, 0.25) is 0 Å². The van der Waals surface area contributed by atoms with Crippen LogP contribution in [0.15, 0.2) is 48.5 Å². The summed E-state index contributed by atoms with van der Waals surface area (Å²) in [5.41, 5.74) is 6.17. The first-order valence-corrected chi connectivity index (χ1v) is 8.95. The molecule has 0 aromatic heterocycles. The SMILES string of the molecule is CN1CC[C@@H](c2ccccc2)[C@@H]2c3cccc4c3[C@@H](CN4)C[C@H]21. The lowest BCUT2D eigenvalue weighted by Crippen LogP contribution is -2.48. The van der Waals surface area contributed by atoms with Crippen LogP contribution >= 0.6 is 0 Å². The Morgan fingerprint density at radius 3 is 2.78 bits per heavy atom. The molecule has 5 rings (SSSR count). The number of anilines is 1. The summed E-state index contributed by atoms with van der Waals surface area (Å²) >= 11 is 0. The first-order chi connectivity index (χ1) is 11.3. The lowest BCUT2D eigenvalue weighted by molar-refractivity contribution is 0.119. The van der Waals surface area contributed by atoms with Crippen LogP contribution in [0.4, 0.5) is 5.69 Å². The minimum absolute atomic E-state index is 0.641. The van der Waals surface area contributed by atoms with Crippen molar-refractivity contribution in [3.8, 4) is 0 Å². The molecule has 1 aliphatic carbocycles. The van der Waals surface area contributed by atoms with Crippen molar-refractivity contribution >= 4 is 5.69 Å². The van der Waals surface area contributed by atoms with Gasteiger partial charge in [-0.1, -0.05) is 42.5 Å². The Hall–Kier alpha value is -1.80. The van der Waals surface area contributed by atoms with Crippen molar-refractivity contribution in [3.63, 3.8) is 0 Å². The number of piperidine rings is 1. The van der Waals surface area contributed by atoms with E-state index in [9.17, 15) is 0 Å². The molecule has 2 nitrogen and oxygen atoms in total. The third-order valence-electron chi connectivity index (χ3n) is 6.41. The summed E-state index contributed by atoms with van der Waals surface area (Å²) in [4.78, 5) is 2.62. The van der Waals surface area contributed by atoms with Gasteiger partial charge in [0.25, 0.3) is 0 Å². The molecule has 2 aromatic rings. The molecule has 0 unspecified atom stereocenters. The van der Waals surface area contributed by atoms with Crippen molar-refractivity contribution in [2.24, 2.45) is 0 Å². The number of nitrogens with zero attached hydrogens (tertiary/aromatic N) is 1. The molecule has 1 fully saturated rings. The highest BCUT2D eigenvalue weighted by molar-refractivity contribution is 5.63. The van der Waals surface area contributed by atoms with E-state index in [1.54, 1.807) is 11.1 Å². The molecule has 2 heteroatoms. The molecule has 118 valence electrons. The third kappa shape index (κ3) is 1.98. The van der Waals surface area contributed by atoms with Crippen LogP contribution in [0.25, 0.3) is 0 Å². The minimum Gasteiger partial charge on any atom is -0.384 e. The van der Waals surface area contributed by atoms with Crippen molar-refractivity contribution < 1.29 is 0 Å². The number of likely N-dealkylation sites (tertiary alicyclic amines) is 1. The molecule has 0 saturated carbocycles. The van der Waals surface area contributed by atoms with Crippen LogP contribution in [0.2, 0.25) is 0 Å². The Labute approximate surface area is 138 Å². The van der Waals surface area contributed by atoms with E-state index in [-0.39, 0.29) is 0 Å². The molecular weight excluding hydrogens is 280 g/mol. The molecule has 0 amide bonds. The zero-order chi connectivity index (χ0) is 15.4. The van der Waals surface area contributed by atoms with Crippen LogP contribution in [0.1, 0.15) is 47.3 Å². The summed E-state index contributed by atoms with van der Waals surface area (Å²) in [5.74, 6) is 2.01. The normalized spacial score (nSPS) is 32.0. The van der Waals surface area contributed by atoms with Crippen molar-refractivity contribution in [1.29, 1.82) is 0 Å². The summed E-state index contributed by atoms with van der Waals surface area (Å²) in [5, 5.41) is 3.64. The standard InChI is InChI=1S/C21H24N2/c1-23-11-10-16(14-6-3-2-4-7-14)21-17-8-5-9-18-20(17)15(13-22-18)12-19(21)23/h2-9,15-16,19,21-22H,10-13H2,1H3/t15-,16+,19-,21-/m1/s1. The van der Waals surface area contributed by atoms with Crippen LogP contribution in [-0.4, -0.2) is 31.1 Å². The molecule has 1 N–H and O–H groups in total. The van der Waals surface area contributed by atoms with Crippen LogP contribution in [0.5, 0.6) is 0 Å². The topological polar surface area (TPSA) is 15.3 Å². The molecule has 2 heterocycles. The second kappa shape index (κ2) is 5.10. The highest BCUT2D eigenvalue weighted by Crippen LogP contribution is 2.54. The summed E-state index contributed by atoms with van der Waals surface area (Å²) in [6.07, 6.45) is 2.57. The average molecular weight is 304 g/mol. The lowest BCUT2D eigenvalue weighted by atomic mass is 9.64. The molecule has 0 radical (unpaired) electrons. The minimum atomic E-state index is 0.641. The van der Waals surface area contributed by atoms with E-state index >= 15 is 0 Å². The maximum absolute atomic E-state index is 3.64. The maximum atomic E-state index is 3.64. The zero-order valence-electron chi connectivity index (χ0n) is 13.7. The van der Waals surface area contributed by atoms with E-state index in [1.807, 2.05) is 0 Å². The van der Waals surface area contributed by atoms with Crippen molar-refractivity contribution in [2.75, 3.05) is 25.5 Å². The maximum Gasteiger partial charge on any atom is 0.0379 e. The van der Waals surface area contributed by atoms with E-state index in [0.29, 0.717) is 23.8 Å². The van der Waals surface area contributed by atoms with Crippen LogP contribution in [0, 0.1) is 0 Å². The Balaban J connectivity index is 1.66. The van der Waals surface area contributed by atoms with Gasteiger partial charge in [-0.3, -0.25) is 0 Å². The number of benzene rings is 2. The number of likely N-dealkylation sites (N-methyl/N-ethyl adjacent to an activating group) is 1. The Kier molecular flexibility index (Phi) is 3.02. The predicted octanol–water partition coefficient (Wildman–Crippen LogP) is 4.17. The first-order valence-electron chi connectivity index (χ1n) is 8.95. The molecule has 0 bridgehead atoms. The van der Waals surface area contributed by atoms with Gasteiger partial charge in [0.15, 0.2) is 0 Å². The predicted molar refractivity (Wildman–Crippen MR) is 95.2 cm³/mol. The van der Waals surface area contributed by atoms with Gasteiger partial charge >= 0.3 is 0 Å². The van der Waals surface area contributed by atoms with E-state index in [1.165, 1.54) is 30.6 Å². The summed E-state index contributed by atoms with van der Waals surface area (Å²) in [6, 6.07) is 18.8. The molecule has 0 spiro atoms. The van der Waals surface area contributed by atoms with Gasteiger partial charge in [0.05, 0.1) is 0 Å². The Bertz CT molecular complexity index is 724. The van der Waals surface area contributed by atoms with E-state index in [0.717, 1.165) is 6.54 Å². The van der Waals surface area contributed by atoms with E-state index < -0.39 is 0 Å². The first kappa shape index (κ1) is 13.6. The molecule has 2 aliphatic heterocycles. The molecular formula is C21H24N2.